The van der Waals surface area contributed by atoms with Crippen molar-refractivity contribution in [3.63, 3.8) is 0 Å². The van der Waals surface area contributed by atoms with Gasteiger partial charge in [0.1, 0.15) is 11.1 Å². The lowest BCUT2D eigenvalue weighted by Crippen LogP contribution is -2.19. The molecule has 1 N–H and O–H groups in total. The van der Waals surface area contributed by atoms with E-state index in [0.29, 0.717) is 16.6 Å². The number of halogens is 1. The van der Waals surface area contributed by atoms with Crippen LogP contribution in [0, 0.1) is 19.7 Å². The summed E-state index contributed by atoms with van der Waals surface area (Å²) in [6.45, 7) is 3.83. The SMILES string of the molecule is Cc1cc(C)n2nc(S[C@@H](C(=O)Nc3ccc(F)cc3)c3ccccc3)nc2n1. The van der Waals surface area contributed by atoms with E-state index >= 15 is 0 Å². The molecule has 0 radical (unpaired) electrons. The molecule has 2 aromatic heterocycles. The Hall–Kier alpha value is -3.26. The van der Waals surface area contributed by atoms with Gasteiger partial charge in [0.05, 0.1) is 0 Å². The minimum absolute atomic E-state index is 0.243. The molecule has 0 aliphatic carbocycles. The summed E-state index contributed by atoms with van der Waals surface area (Å²) in [6, 6.07) is 17.0. The highest BCUT2D eigenvalue weighted by Crippen LogP contribution is 2.34. The van der Waals surface area contributed by atoms with Gasteiger partial charge in [-0.05, 0) is 49.7 Å². The molecule has 4 rings (SSSR count). The molecule has 2 heterocycles. The summed E-state index contributed by atoms with van der Waals surface area (Å²) in [5, 5.41) is 7.20. The van der Waals surface area contributed by atoms with Gasteiger partial charge in [-0.25, -0.2) is 13.9 Å². The van der Waals surface area contributed by atoms with Crippen LogP contribution in [-0.2, 0) is 4.79 Å². The lowest BCUT2D eigenvalue weighted by molar-refractivity contribution is -0.115. The maximum atomic E-state index is 13.2. The molecule has 0 aliphatic heterocycles. The summed E-state index contributed by atoms with van der Waals surface area (Å²) >= 11 is 1.24. The third kappa shape index (κ3) is 4.27. The molecule has 6 nitrogen and oxygen atoms in total. The van der Waals surface area contributed by atoms with Gasteiger partial charge in [0.2, 0.25) is 11.1 Å². The first-order valence-corrected chi connectivity index (χ1v) is 9.86. The molecule has 0 saturated heterocycles. The van der Waals surface area contributed by atoms with Crippen LogP contribution in [0.5, 0.6) is 0 Å². The van der Waals surface area contributed by atoms with Crippen molar-refractivity contribution in [2.24, 2.45) is 0 Å². The number of nitrogens with zero attached hydrogens (tertiary/aromatic N) is 4. The number of rotatable bonds is 5. The van der Waals surface area contributed by atoms with E-state index in [1.807, 2.05) is 50.2 Å². The van der Waals surface area contributed by atoms with Gasteiger partial charge >= 0.3 is 0 Å². The van der Waals surface area contributed by atoms with Crippen LogP contribution in [0.1, 0.15) is 22.2 Å². The Morgan fingerprint density at radius 1 is 1.07 bits per heavy atom. The predicted octanol–water partition coefficient (Wildman–Crippen LogP) is 4.35. The first kappa shape index (κ1) is 19.1. The van der Waals surface area contributed by atoms with Gasteiger partial charge in [0.15, 0.2) is 0 Å². The van der Waals surface area contributed by atoms with Crippen molar-refractivity contribution in [1.29, 1.82) is 0 Å². The third-order valence-corrected chi connectivity index (χ3v) is 5.38. The number of fused-ring (bicyclic) bond motifs is 1. The lowest BCUT2D eigenvalue weighted by Gasteiger charge is -2.15. The molecular formula is C21H18FN5OS. The zero-order valence-corrected chi connectivity index (χ0v) is 16.7. The van der Waals surface area contributed by atoms with Crippen LogP contribution in [0.3, 0.4) is 0 Å². The van der Waals surface area contributed by atoms with E-state index in [0.717, 1.165) is 17.0 Å². The molecule has 0 aliphatic rings. The van der Waals surface area contributed by atoms with Crippen LogP contribution in [0.2, 0.25) is 0 Å². The number of hydrogen-bond acceptors (Lipinski definition) is 5. The fourth-order valence-electron chi connectivity index (χ4n) is 2.95. The second-order valence-electron chi connectivity index (χ2n) is 6.55. The van der Waals surface area contributed by atoms with Crippen LogP contribution >= 0.6 is 11.8 Å². The van der Waals surface area contributed by atoms with Gasteiger partial charge in [-0.2, -0.15) is 4.98 Å². The Morgan fingerprint density at radius 3 is 2.52 bits per heavy atom. The molecular weight excluding hydrogens is 389 g/mol. The van der Waals surface area contributed by atoms with Gasteiger partial charge in [-0.3, -0.25) is 4.79 Å². The van der Waals surface area contributed by atoms with Crippen LogP contribution < -0.4 is 5.32 Å². The number of benzene rings is 2. The standard InChI is InChI=1S/C21H18FN5OS/c1-13-12-14(2)27-20(23-13)25-21(26-27)29-18(15-6-4-3-5-7-15)19(28)24-17-10-8-16(22)9-11-17/h3-12,18H,1-2H3,(H,24,28)/t18-/m1/s1. The number of amides is 1. The number of thioether (sulfide) groups is 1. The highest BCUT2D eigenvalue weighted by Gasteiger charge is 2.24. The highest BCUT2D eigenvalue weighted by atomic mass is 32.2. The molecule has 29 heavy (non-hydrogen) atoms. The summed E-state index contributed by atoms with van der Waals surface area (Å²) in [5.74, 6) is -0.104. The minimum atomic E-state index is -0.583. The van der Waals surface area contributed by atoms with E-state index in [-0.39, 0.29) is 11.7 Å². The Morgan fingerprint density at radius 2 is 1.79 bits per heavy atom. The Balaban J connectivity index is 1.65. The molecule has 1 atom stereocenters. The molecule has 4 aromatic rings. The maximum Gasteiger partial charge on any atom is 0.253 e. The molecule has 0 saturated carbocycles. The molecule has 2 aromatic carbocycles. The second kappa shape index (κ2) is 8.00. The smallest absolute Gasteiger partial charge is 0.253 e. The molecule has 146 valence electrons. The number of hydrogen-bond donors (Lipinski definition) is 1. The number of carbonyl (C=O) groups is 1. The summed E-state index contributed by atoms with van der Waals surface area (Å²) in [5.41, 5.74) is 3.11. The fourth-order valence-corrected chi connectivity index (χ4v) is 3.88. The first-order valence-electron chi connectivity index (χ1n) is 8.98. The predicted molar refractivity (Wildman–Crippen MR) is 110 cm³/mol. The van der Waals surface area contributed by atoms with E-state index in [9.17, 15) is 9.18 Å². The van der Waals surface area contributed by atoms with Crippen molar-refractivity contribution in [2.75, 3.05) is 5.32 Å². The van der Waals surface area contributed by atoms with Gasteiger partial charge in [0, 0.05) is 17.1 Å². The van der Waals surface area contributed by atoms with Gasteiger partial charge < -0.3 is 5.32 Å². The van der Waals surface area contributed by atoms with Crippen molar-refractivity contribution in [2.45, 2.75) is 24.3 Å². The summed E-state index contributed by atoms with van der Waals surface area (Å²) < 4.78 is 14.8. The molecule has 0 fully saturated rings. The van der Waals surface area contributed by atoms with Crippen LogP contribution in [0.15, 0.2) is 65.8 Å². The zero-order valence-electron chi connectivity index (χ0n) is 15.8. The average Bonchev–Trinajstić information content (AvgIpc) is 3.11. The fraction of sp³-hybridized carbons (Fsp3) is 0.143. The van der Waals surface area contributed by atoms with Crippen molar-refractivity contribution < 1.29 is 9.18 Å². The van der Waals surface area contributed by atoms with Crippen molar-refractivity contribution in [3.8, 4) is 0 Å². The maximum absolute atomic E-state index is 13.2. The molecule has 0 spiro atoms. The lowest BCUT2D eigenvalue weighted by atomic mass is 10.1. The van der Waals surface area contributed by atoms with E-state index in [4.69, 9.17) is 0 Å². The van der Waals surface area contributed by atoms with Gasteiger partial charge in [-0.15, -0.1) is 5.10 Å². The Kier molecular flexibility index (Phi) is 5.26. The van der Waals surface area contributed by atoms with E-state index in [2.05, 4.69) is 20.4 Å². The average molecular weight is 407 g/mol. The summed E-state index contributed by atoms with van der Waals surface area (Å²) in [7, 11) is 0. The molecule has 0 unspecified atom stereocenters. The zero-order chi connectivity index (χ0) is 20.4. The van der Waals surface area contributed by atoms with E-state index < -0.39 is 5.25 Å². The van der Waals surface area contributed by atoms with Crippen molar-refractivity contribution >= 4 is 29.1 Å². The number of aromatic nitrogens is 4. The first-order chi connectivity index (χ1) is 14.0. The van der Waals surface area contributed by atoms with Crippen molar-refractivity contribution in [3.05, 3.63) is 83.4 Å². The highest BCUT2D eigenvalue weighted by molar-refractivity contribution is 8.00. The summed E-state index contributed by atoms with van der Waals surface area (Å²) in [6.07, 6.45) is 0. The number of carbonyl (C=O) groups excluding carboxylic acids is 1. The molecule has 1 amide bonds. The second-order valence-corrected chi connectivity index (χ2v) is 7.62. The van der Waals surface area contributed by atoms with Crippen molar-refractivity contribution in [1.82, 2.24) is 19.6 Å². The van der Waals surface area contributed by atoms with Crippen LogP contribution in [0.25, 0.3) is 5.78 Å². The van der Waals surface area contributed by atoms with Crippen LogP contribution in [0.4, 0.5) is 10.1 Å². The Bertz CT molecular complexity index is 1160. The van der Waals surface area contributed by atoms with E-state index in [1.165, 1.54) is 36.0 Å². The molecule has 8 heteroatoms. The normalized spacial score (nSPS) is 12.1. The Labute approximate surface area is 171 Å². The van der Waals surface area contributed by atoms with Crippen LogP contribution in [-0.4, -0.2) is 25.5 Å². The quantitative estimate of drug-likeness (QED) is 0.498. The largest absolute Gasteiger partial charge is 0.325 e. The topological polar surface area (TPSA) is 72.2 Å². The third-order valence-electron chi connectivity index (χ3n) is 4.27. The minimum Gasteiger partial charge on any atom is -0.325 e. The summed E-state index contributed by atoms with van der Waals surface area (Å²) in [4.78, 5) is 21.9. The molecule has 0 bridgehead atoms. The van der Waals surface area contributed by atoms with Gasteiger partial charge in [-0.1, -0.05) is 42.1 Å². The van der Waals surface area contributed by atoms with Gasteiger partial charge in [0.25, 0.3) is 5.78 Å². The number of nitrogens with one attached hydrogen (secondary N) is 1. The number of aryl methyl sites for hydroxylation is 2. The monoisotopic (exact) mass is 407 g/mol. The van der Waals surface area contributed by atoms with E-state index in [1.54, 1.807) is 4.52 Å². The number of anilines is 1.